The minimum absolute atomic E-state index is 0.00432. The molecule has 1 aromatic carbocycles. The third-order valence-corrected chi connectivity index (χ3v) is 6.78. The van der Waals surface area contributed by atoms with Gasteiger partial charge in [0.05, 0.1) is 22.4 Å². The summed E-state index contributed by atoms with van der Waals surface area (Å²) in [6.45, 7) is 6.07. The molecule has 10 heteroatoms. The predicted octanol–water partition coefficient (Wildman–Crippen LogP) is 4.80. The van der Waals surface area contributed by atoms with E-state index in [-0.39, 0.29) is 28.6 Å². The van der Waals surface area contributed by atoms with E-state index in [4.69, 9.17) is 23.2 Å². The van der Waals surface area contributed by atoms with Crippen molar-refractivity contribution >= 4 is 46.8 Å². The molecule has 1 heterocycles. The second-order valence-corrected chi connectivity index (χ2v) is 9.54. The molecule has 1 fully saturated rings. The van der Waals surface area contributed by atoms with E-state index < -0.39 is 6.04 Å². The number of nitrogens with zero attached hydrogens (tertiary/aromatic N) is 3. The first-order chi connectivity index (χ1) is 15.4. The van der Waals surface area contributed by atoms with E-state index in [1.807, 2.05) is 11.5 Å². The van der Waals surface area contributed by atoms with Crippen LogP contribution < -0.4 is 10.6 Å². The summed E-state index contributed by atoms with van der Waals surface area (Å²) in [6.07, 6.45) is 7.39. The summed E-state index contributed by atoms with van der Waals surface area (Å²) in [6, 6.07) is 4.55. The number of thioether (sulfide) groups is 1. The molecule has 0 saturated heterocycles. The van der Waals surface area contributed by atoms with Gasteiger partial charge in [-0.3, -0.25) is 9.59 Å². The molecule has 2 amide bonds. The summed E-state index contributed by atoms with van der Waals surface area (Å²) in [4.78, 5) is 25.0. The van der Waals surface area contributed by atoms with Gasteiger partial charge in [-0.15, -0.1) is 16.8 Å². The number of carbonyl (C=O) groups is 2. The minimum atomic E-state index is -0.438. The average Bonchev–Trinajstić information content (AvgIpc) is 3.16. The van der Waals surface area contributed by atoms with Crippen molar-refractivity contribution in [3.8, 4) is 0 Å². The predicted molar refractivity (Wildman–Crippen MR) is 128 cm³/mol. The zero-order chi connectivity index (χ0) is 23.1. The normalized spacial score (nSPS) is 15.2. The monoisotopic (exact) mass is 495 g/mol. The van der Waals surface area contributed by atoms with Gasteiger partial charge in [0, 0.05) is 17.6 Å². The molecule has 1 saturated carbocycles. The van der Waals surface area contributed by atoms with Crippen molar-refractivity contribution in [1.29, 1.82) is 0 Å². The summed E-state index contributed by atoms with van der Waals surface area (Å²) < 4.78 is 1.85. The Bertz CT molecular complexity index is 975. The molecule has 3 rings (SSSR count). The fourth-order valence-corrected chi connectivity index (χ4v) is 4.95. The van der Waals surface area contributed by atoms with Gasteiger partial charge >= 0.3 is 0 Å². The molecule has 0 radical (unpaired) electrons. The summed E-state index contributed by atoms with van der Waals surface area (Å²) >= 11 is 13.4. The lowest BCUT2D eigenvalue weighted by Crippen LogP contribution is -2.37. The molecule has 1 aromatic heterocycles. The van der Waals surface area contributed by atoms with Crippen LogP contribution in [0.25, 0.3) is 0 Å². The van der Waals surface area contributed by atoms with Crippen molar-refractivity contribution in [3.05, 3.63) is 52.3 Å². The molecule has 0 bridgehead atoms. The summed E-state index contributed by atoms with van der Waals surface area (Å²) in [5.41, 5.74) is 0.326. The van der Waals surface area contributed by atoms with Crippen molar-refractivity contribution in [2.75, 3.05) is 5.75 Å². The largest absolute Gasteiger partial charge is 0.353 e. The van der Waals surface area contributed by atoms with Crippen molar-refractivity contribution < 1.29 is 9.59 Å². The van der Waals surface area contributed by atoms with Crippen molar-refractivity contribution in [3.63, 3.8) is 0 Å². The number of hydrogen-bond acceptors (Lipinski definition) is 5. The van der Waals surface area contributed by atoms with Gasteiger partial charge in [0.15, 0.2) is 11.0 Å². The van der Waals surface area contributed by atoms with Gasteiger partial charge < -0.3 is 15.2 Å². The molecule has 32 heavy (non-hydrogen) atoms. The molecule has 2 aromatic rings. The van der Waals surface area contributed by atoms with Crippen LogP contribution in [0.5, 0.6) is 0 Å². The number of halogens is 2. The Morgan fingerprint density at radius 3 is 2.72 bits per heavy atom. The maximum atomic E-state index is 12.7. The Morgan fingerprint density at radius 2 is 2.03 bits per heavy atom. The van der Waals surface area contributed by atoms with Gasteiger partial charge in [-0.1, -0.05) is 60.3 Å². The second-order valence-electron chi connectivity index (χ2n) is 7.75. The van der Waals surface area contributed by atoms with E-state index in [0.717, 1.165) is 12.8 Å². The SMILES string of the molecule is C=CCn1c(SCC(=O)NC2CCCCC2)nnc1[C@H](C)NC(=O)c1ccc(Cl)cc1Cl. The Kier molecular flexibility index (Phi) is 9.02. The highest BCUT2D eigenvalue weighted by molar-refractivity contribution is 7.99. The van der Waals surface area contributed by atoms with Crippen LogP contribution in [0, 0.1) is 0 Å². The van der Waals surface area contributed by atoms with Gasteiger partial charge in [0.1, 0.15) is 0 Å². The number of benzene rings is 1. The zero-order valence-electron chi connectivity index (χ0n) is 17.9. The number of rotatable bonds is 9. The third-order valence-electron chi connectivity index (χ3n) is 5.27. The highest BCUT2D eigenvalue weighted by atomic mass is 35.5. The lowest BCUT2D eigenvalue weighted by molar-refractivity contribution is -0.119. The molecule has 2 N–H and O–H groups in total. The van der Waals surface area contributed by atoms with Crippen LogP contribution in [0.2, 0.25) is 10.0 Å². The first kappa shape index (κ1) is 24.6. The van der Waals surface area contributed by atoms with Crippen LogP contribution in [0.4, 0.5) is 0 Å². The highest BCUT2D eigenvalue weighted by Gasteiger charge is 2.22. The highest BCUT2D eigenvalue weighted by Crippen LogP contribution is 2.24. The van der Waals surface area contributed by atoms with E-state index in [2.05, 4.69) is 27.4 Å². The van der Waals surface area contributed by atoms with Crippen LogP contribution in [0.1, 0.15) is 61.3 Å². The molecule has 1 aliphatic carbocycles. The van der Waals surface area contributed by atoms with Crippen LogP contribution in [-0.4, -0.2) is 38.4 Å². The van der Waals surface area contributed by atoms with Gasteiger partial charge in [0.25, 0.3) is 5.91 Å². The van der Waals surface area contributed by atoms with Gasteiger partial charge in [-0.25, -0.2) is 0 Å². The lowest BCUT2D eigenvalue weighted by Gasteiger charge is -2.22. The zero-order valence-corrected chi connectivity index (χ0v) is 20.3. The number of allylic oxidation sites excluding steroid dienone is 1. The quantitative estimate of drug-likeness (QED) is 0.385. The standard InChI is InChI=1S/C22H27Cl2N5O2S/c1-3-11-29-20(14(2)25-21(31)17-10-9-15(23)12-18(17)24)27-28-22(29)32-13-19(30)26-16-7-5-4-6-8-16/h3,9-10,12,14,16H,1,4-8,11,13H2,2H3,(H,25,31)(H,26,30)/t14-/m0/s1. The van der Waals surface area contributed by atoms with E-state index in [9.17, 15) is 9.59 Å². The van der Waals surface area contributed by atoms with Crippen molar-refractivity contribution in [1.82, 2.24) is 25.4 Å². The molecule has 1 aliphatic rings. The molecule has 1 atom stereocenters. The average molecular weight is 496 g/mol. The van der Waals surface area contributed by atoms with E-state index in [1.165, 1.54) is 37.1 Å². The Morgan fingerprint density at radius 1 is 1.28 bits per heavy atom. The molecule has 7 nitrogen and oxygen atoms in total. The summed E-state index contributed by atoms with van der Waals surface area (Å²) in [7, 11) is 0. The van der Waals surface area contributed by atoms with Crippen LogP contribution in [-0.2, 0) is 11.3 Å². The number of amides is 2. The topological polar surface area (TPSA) is 88.9 Å². The molecular weight excluding hydrogens is 469 g/mol. The number of aromatic nitrogens is 3. The van der Waals surface area contributed by atoms with Crippen LogP contribution >= 0.6 is 35.0 Å². The first-order valence-corrected chi connectivity index (χ1v) is 12.3. The molecular formula is C22H27Cl2N5O2S. The number of carbonyl (C=O) groups excluding carboxylic acids is 2. The van der Waals surface area contributed by atoms with E-state index in [1.54, 1.807) is 18.2 Å². The molecule has 0 spiro atoms. The van der Waals surface area contributed by atoms with E-state index in [0.29, 0.717) is 28.1 Å². The van der Waals surface area contributed by atoms with Crippen LogP contribution in [0.3, 0.4) is 0 Å². The second kappa shape index (κ2) is 11.7. The minimum Gasteiger partial charge on any atom is -0.353 e. The maximum Gasteiger partial charge on any atom is 0.253 e. The number of hydrogen-bond donors (Lipinski definition) is 2. The first-order valence-electron chi connectivity index (χ1n) is 10.6. The molecule has 0 unspecified atom stereocenters. The third kappa shape index (κ3) is 6.49. The summed E-state index contributed by atoms with van der Waals surface area (Å²) in [5, 5.41) is 15.8. The smallest absolute Gasteiger partial charge is 0.253 e. The van der Waals surface area contributed by atoms with Gasteiger partial charge in [0.2, 0.25) is 5.91 Å². The number of nitrogens with one attached hydrogen (secondary N) is 2. The molecule has 0 aliphatic heterocycles. The van der Waals surface area contributed by atoms with Crippen LogP contribution in [0.15, 0.2) is 36.0 Å². The van der Waals surface area contributed by atoms with E-state index >= 15 is 0 Å². The summed E-state index contributed by atoms with van der Waals surface area (Å²) in [5.74, 6) is 0.481. The maximum absolute atomic E-state index is 12.7. The Hall–Kier alpha value is -2.03. The molecule has 172 valence electrons. The fraction of sp³-hybridized carbons (Fsp3) is 0.455. The van der Waals surface area contributed by atoms with Crippen molar-refractivity contribution in [2.45, 2.75) is 62.8 Å². The lowest BCUT2D eigenvalue weighted by atomic mass is 9.95. The Labute approximate surface area is 202 Å². The van der Waals surface area contributed by atoms with Gasteiger partial charge in [-0.05, 0) is 38.0 Å². The Balaban J connectivity index is 1.64. The fourth-order valence-electron chi connectivity index (χ4n) is 3.69. The van der Waals surface area contributed by atoms with Gasteiger partial charge in [-0.2, -0.15) is 0 Å². The van der Waals surface area contributed by atoms with Crippen molar-refractivity contribution in [2.24, 2.45) is 0 Å².